The number of alkyl halides is 3. The summed E-state index contributed by atoms with van der Waals surface area (Å²) in [5, 5.41) is 11.5. The predicted molar refractivity (Wildman–Crippen MR) is 51.7 cm³/mol. The number of aromatic carboxylic acids is 1. The molecule has 100 valence electrons. The molecule has 1 N–H and O–H groups in total. The number of carbonyl (C=O) groups is 1. The number of halogens is 4. The Kier molecular flexibility index (Phi) is 2.97. The third-order valence-corrected chi connectivity index (χ3v) is 2.15. The van der Waals surface area contributed by atoms with E-state index in [1.165, 1.54) is 0 Å². The van der Waals surface area contributed by atoms with Crippen molar-refractivity contribution in [2.75, 3.05) is 0 Å². The third-order valence-electron chi connectivity index (χ3n) is 2.15. The predicted octanol–water partition coefficient (Wildman–Crippen LogP) is 2.59. The summed E-state index contributed by atoms with van der Waals surface area (Å²) in [5.41, 5.74) is -2.12. The molecule has 0 amide bonds. The first-order chi connectivity index (χ1) is 8.80. The van der Waals surface area contributed by atoms with Gasteiger partial charge in [-0.1, -0.05) is 6.07 Å². The molecule has 9 heteroatoms. The Morgan fingerprint density at radius 1 is 1.32 bits per heavy atom. The summed E-state index contributed by atoms with van der Waals surface area (Å²) in [4.78, 5) is 13.8. The molecule has 0 bridgehead atoms. The van der Waals surface area contributed by atoms with Crippen molar-refractivity contribution < 1.29 is 32.0 Å². The molecule has 5 nitrogen and oxygen atoms in total. The van der Waals surface area contributed by atoms with Gasteiger partial charge in [0.25, 0.3) is 11.7 Å². The van der Waals surface area contributed by atoms with E-state index >= 15 is 0 Å². The number of nitrogens with zero attached hydrogens (tertiary/aromatic N) is 2. The molecule has 19 heavy (non-hydrogen) atoms. The van der Waals surface area contributed by atoms with Crippen LogP contribution >= 0.6 is 0 Å². The molecule has 0 aliphatic carbocycles. The topological polar surface area (TPSA) is 76.2 Å². The summed E-state index contributed by atoms with van der Waals surface area (Å²) in [7, 11) is 0. The fourth-order valence-electron chi connectivity index (χ4n) is 1.34. The third kappa shape index (κ3) is 2.39. The van der Waals surface area contributed by atoms with E-state index in [1.54, 1.807) is 0 Å². The van der Waals surface area contributed by atoms with Crippen LogP contribution in [-0.2, 0) is 6.18 Å². The molecule has 0 aliphatic heterocycles. The van der Waals surface area contributed by atoms with E-state index in [-0.39, 0.29) is 0 Å². The minimum absolute atomic E-state index is 0.549. The number of hydrogen-bond donors (Lipinski definition) is 1. The maximum absolute atomic E-state index is 13.7. The Balaban J connectivity index is 2.54. The molecule has 1 heterocycles. The van der Waals surface area contributed by atoms with Gasteiger partial charge in [0, 0.05) is 0 Å². The lowest BCUT2D eigenvalue weighted by Crippen LogP contribution is -2.08. The van der Waals surface area contributed by atoms with Crippen LogP contribution in [0.1, 0.15) is 16.2 Å². The molecule has 0 radical (unpaired) electrons. The van der Waals surface area contributed by atoms with Crippen LogP contribution in [-0.4, -0.2) is 21.2 Å². The highest BCUT2D eigenvalue weighted by Gasteiger charge is 2.35. The monoisotopic (exact) mass is 276 g/mol. The molecular formula is C10H4F4N2O3. The van der Waals surface area contributed by atoms with Crippen LogP contribution < -0.4 is 0 Å². The van der Waals surface area contributed by atoms with E-state index in [1.807, 2.05) is 0 Å². The van der Waals surface area contributed by atoms with Crippen molar-refractivity contribution in [1.82, 2.24) is 10.1 Å². The number of hydrogen-bond acceptors (Lipinski definition) is 4. The number of rotatable bonds is 2. The van der Waals surface area contributed by atoms with E-state index in [0.29, 0.717) is 6.07 Å². The van der Waals surface area contributed by atoms with Crippen molar-refractivity contribution in [3.05, 3.63) is 35.4 Å². The maximum Gasteiger partial charge on any atom is 0.419 e. The Labute approximate surface area is 102 Å². The summed E-state index contributed by atoms with van der Waals surface area (Å²) in [6, 6.07) is 2.48. The van der Waals surface area contributed by atoms with Crippen molar-refractivity contribution in [2.45, 2.75) is 6.18 Å². The van der Waals surface area contributed by atoms with Crippen LogP contribution in [0.15, 0.2) is 22.7 Å². The second kappa shape index (κ2) is 4.34. The smallest absolute Gasteiger partial charge is 0.419 e. The van der Waals surface area contributed by atoms with Crippen LogP contribution in [0.2, 0.25) is 0 Å². The molecule has 1 aromatic carbocycles. The lowest BCUT2D eigenvalue weighted by molar-refractivity contribution is -0.139. The average Bonchev–Trinajstić information content (AvgIpc) is 2.77. The molecule has 2 aromatic rings. The zero-order valence-corrected chi connectivity index (χ0v) is 8.90. The quantitative estimate of drug-likeness (QED) is 0.853. The van der Waals surface area contributed by atoms with Crippen LogP contribution in [0.3, 0.4) is 0 Å². The highest BCUT2D eigenvalue weighted by Crippen LogP contribution is 2.34. The molecule has 0 spiro atoms. The van der Waals surface area contributed by atoms with Gasteiger partial charge in [0.1, 0.15) is 5.82 Å². The molecule has 0 fully saturated rings. The first-order valence-corrected chi connectivity index (χ1v) is 4.74. The minimum Gasteiger partial charge on any atom is -0.475 e. The van der Waals surface area contributed by atoms with E-state index in [9.17, 15) is 22.4 Å². The van der Waals surface area contributed by atoms with Crippen LogP contribution in [0, 0.1) is 5.82 Å². The maximum atomic E-state index is 13.7. The van der Waals surface area contributed by atoms with Gasteiger partial charge in [-0.05, 0) is 17.3 Å². The van der Waals surface area contributed by atoms with E-state index < -0.39 is 40.8 Å². The fourth-order valence-corrected chi connectivity index (χ4v) is 1.34. The number of carboxylic acid groups (broad SMARTS) is 1. The van der Waals surface area contributed by atoms with Gasteiger partial charge in [0.05, 0.1) is 11.1 Å². The molecule has 2 rings (SSSR count). The molecule has 0 atom stereocenters. The summed E-state index contributed by atoms with van der Waals surface area (Å²) in [6.45, 7) is 0. The highest BCUT2D eigenvalue weighted by molar-refractivity contribution is 5.83. The van der Waals surface area contributed by atoms with Gasteiger partial charge < -0.3 is 9.63 Å². The molecule has 0 unspecified atom stereocenters. The second-order valence-electron chi connectivity index (χ2n) is 3.39. The van der Waals surface area contributed by atoms with E-state index in [2.05, 4.69) is 14.7 Å². The van der Waals surface area contributed by atoms with Gasteiger partial charge >= 0.3 is 12.1 Å². The van der Waals surface area contributed by atoms with Gasteiger partial charge in [-0.3, -0.25) is 0 Å². The van der Waals surface area contributed by atoms with Crippen molar-refractivity contribution >= 4 is 5.97 Å². The zero-order valence-electron chi connectivity index (χ0n) is 8.90. The Morgan fingerprint density at radius 2 is 2.00 bits per heavy atom. The first-order valence-electron chi connectivity index (χ1n) is 4.74. The lowest BCUT2D eigenvalue weighted by Gasteiger charge is -2.08. The first kappa shape index (κ1) is 13.0. The number of benzene rings is 1. The standard InChI is InChI=1S/C10H4F4N2O3/c11-6-4(2-1-3-5(6)10(12,13)14)8-15-7(9(17)18)16-19-8/h1-3H,(H,17,18). The van der Waals surface area contributed by atoms with E-state index in [0.717, 1.165) is 12.1 Å². The molecular weight excluding hydrogens is 272 g/mol. The summed E-state index contributed by atoms with van der Waals surface area (Å²) in [6.07, 6.45) is -4.88. The normalized spacial score (nSPS) is 11.6. The molecule has 1 aromatic heterocycles. The van der Waals surface area contributed by atoms with Gasteiger partial charge in [0.2, 0.25) is 0 Å². The second-order valence-corrected chi connectivity index (χ2v) is 3.39. The Morgan fingerprint density at radius 3 is 2.53 bits per heavy atom. The van der Waals surface area contributed by atoms with Crippen molar-refractivity contribution in [3.63, 3.8) is 0 Å². The molecule has 0 aliphatic rings. The summed E-state index contributed by atoms with van der Waals surface area (Å²) in [5.74, 6) is -4.55. The Hall–Kier alpha value is -2.45. The van der Waals surface area contributed by atoms with Crippen LogP contribution in [0.25, 0.3) is 11.5 Å². The zero-order chi connectivity index (χ0) is 14.2. The summed E-state index contributed by atoms with van der Waals surface area (Å²) >= 11 is 0. The lowest BCUT2D eigenvalue weighted by atomic mass is 10.1. The van der Waals surface area contributed by atoms with Crippen molar-refractivity contribution in [1.29, 1.82) is 0 Å². The van der Waals surface area contributed by atoms with Gasteiger partial charge in [-0.15, -0.1) is 0 Å². The highest BCUT2D eigenvalue weighted by atomic mass is 19.4. The van der Waals surface area contributed by atoms with Crippen LogP contribution in [0.5, 0.6) is 0 Å². The SMILES string of the molecule is O=C(O)c1noc(-c2cccc(C(F)(F)F)c2F)n1. The minimum atomic E-state index is -4.88. The molecule has 0 saturated carbocycles. The molecule has 0 saturated heterocycles. The van der Waals surface area contributed by atoms with Crippen LogP contribution in [0.4, 0.5) is 17.6 Å². The number of aromatic nitrogens is 2. The summed E-state index contributed by atoms with van der Waals surface area (Å²) < 4.78 is 55.5. The van der Waals surface area contributed by atoms with Gasteiger partial charge in [-0.25, -0.2) is 9.18 Å². The average molecular weight is 276 g/mol. The van der Waals surface area contributed by atoms with Crippen molar-refractivity contribution in [2.24, 2.45) is 0 Å². The van der Waals surface area contributed by atoms with Gasteiger partial charge in [0.15, 0.2) is 0 Å². The Bertz CT molecular complexity index is 636. The largest absolute Gasteiger partial charge is 0.475 e. The van der Waals surface area contributed by atoms with Gasteiger partial charge in [-0.2, -0.15) is 18.2 Å². The van der Waals surface area contributed by atoms with E-state index in [4.69, 9.17) is 5.11 Å². The number of carboxylic acids is 1. The van der Waals surface area contributed by atoms with Crippen molar-refractivity contribution in [3.8, 4) is 11.5 Å². The fraction of sp³-hybridized carbons (Fsp3) is 0.100.